The highest BCUT2D eigenvalue weighted by molar-refractivity contribution is 14.1. The van der Waals surface area contributed by atoms with Gasteiger partial charge in [-0.05, 0) is 11.6 Å². The highest BCUT2D eigenvalue weighted by Gasteiger charge is 2.08. The summed E-state index contributed by atoms with van der Waals surface area (Å²) in [4.78, 5) is 9.58. The highest BCUT2D eigenvalue weighted by Crippen LogP contribution is 2.18. The fourth-order valence-electron chi connectivity index (χ4n) is 0.758. The van der Waals surface area contributed by atoms with Crippen LogP contribution in [0.3, 0.4) is 0 Å². The molecule has 0 saturated heterocycles. The maximum Gasteiger partial charge on any atom is 0.272 e. The third-order valence-corrected chi connectivity index (χ3v) is 2.21. The van der Waals surface area contributed by atoms with Gasteiger partial charge >= 0.3 is 0 Å². The molecule has 12 heavy (non-hydrogen) atoms. The van der Waals surface area contributed by atoms with Gasteiger partial charge in [-0.15, -0.1) is 0 Å². The fraction of sp³-hybridized carbons (Fsp3) is 0.143. The molecule has 0 unspecified atom stereocenters. The van der Waals surface area contributed by atoms with Gasteiger partial charge in [0, 0.05) is 10.5 Å². The minimum absolute atomic E-state index is 0.207. The lowest BCUT2D eigenvalue weighted by Gasteiger charge is -1.96. The first-order valence-electron chi connectivity index (χ1n) is 3.14. The van der Waals surface area contributed by atoms with Crippen molar-refractivity contribution in [3.63, 3.8) is 0 Å². The average Bonchev–Trinajstić information content (AvgIpc) is 2.04. The number of nitro groups is 1. The van der Waals surface area contributed by atoms with Crippen molar-refractivity contribution in [2.24, 2.45) is 0 Å². The molecule has 0 radical (unpaired) electrons. The lowest BCUT2D eigenvalue weighted by molar-refractivity contribution is -0.385. The first kappa shape index (κ1) is 9.37. The molecule has 0 aliphatic heterocycles. The van der Waals surface area contributed by atoms with Crippen LogP contribution in [0.1, 0.15) is 5.56 Å². The van der Waals surface area contributed by atoms with Crippen LogP contribution in [0.25, 0.3) is 0 Å². The van der Waals surface area contributed by atoms with E-state index in [1.54, 1.807) is 0 Å². The van der Waals surface area contributed by atoms with E-state index in [1.165, 1.54) is 12.1 Å². The molecule has 0 atom stereocenters. The summed E-state index contributed by atoms with van der Waals surface area (Å²) in [7, 11) is 0. The summed E-state index contributed by atoms with van der Waals surface area (Å²) < 4.78 is 13.4. The summed E-state index contributed by atoms with van der Waals surface area (Å²) in [5.41, 5.74) is 0.280. The minimum Gasteiger partial charge on any atom is -0.258 e. The lowest BCUT2D eigenvalue weighted by Crippen LogP contribution is -1.91. The van der Waals surface area contributed by atoms with E-state index in [9.17, 15) is 14.5 Å². The number of non-ortho nitro benzene ring substituents is 1. The minimum atomic E-state index is -0.611. The molecule has 0 N–H and O–H groups in total. The van der Waals surface area contributed by atoms with Crippen molar-refractivity contribution in [1.82, 2.24) is 0 Å². The molecule has 1 aromatic rings. The molecule has 3 nitrogen and oxygen atoms in total. The summed E-state index contributed by atoms with van der Waals surface area (Å²) in [5.74, 6) is -0.515. The van der Waals surface area contributed by atoms with Gasteiger partial charge in [0.15, 0.2) is 0 Å². The highest BCUT2D eigenvalue weighted by atomic mass is 127. The van der Waals surface area contributed by atoms with Crippen molar-refractivity contribution in [3.8, 4) is 0 Å². The molecule has 1 aromatic carbocycles. The molecule has 0 heterocycles. The van der Waals surface area contributed by atoms with Crippen LogP contribution in [-0.2, 0) is 4.43 Å². The molecular weight excluding hydrogens is 276 g/mol. The molecule has 0 amide bonds. The topological polar surface area (TPSA) is 43.1 Å². The Hall–Kier alpha value is -0.720. The third-order valence-electron chi connectivity index (χ3n) is 1.39. The second-order valence-corrected chi connectivity index (χ2v) is 2.93. The molecule has 1 rings (SSSR count). The van der Waals surface area contributed by atoms with Crippen molar-refractivity contribution in [1.29, 1.82) is 0 Å². The number of nitrogens with zero attached hydrogens (tertiary/aromatic N) is 1. The molecule has 0 bridgehead atoms. The van der Waals surface area contributed by atoms with Gasteiger partial charge in [-0.2, -0.15) is 0 Å². The zero-order valence-corrected chi connectivity index (χ0v) is 8.12. The van der Waals surface area contributed by atoms with E-state index in [0.717, 1.165) is 6.07 Å². The predicted molar refractivity (Wildman–Crippen MR) is 50.8 cm³/mol. The number of alkyl halides is 1. The zero-order chi connectivity index (χ0) is 9.14. The van der Waals surface area contributed by atoms with Gasteiger partial charge in [0.1, 0.15) is 5.82 Å². The quantitative estimate of drug-likeness (QED) is 0.362. The molecule has 0 spiro atoms. The van der Waals surface area contributed by atoms with E-state index in [1.807, 2.05) is 22.6 Å². The van der Waals surface area contributed by atoms with Gasteiger partial charge in [0.2, 0.25) is 0 Å². The van der Waals surface area contributed by atoms with Crippen LogP contribution < -0.4 is 0 Å². The van der Waals surface area contributed by atoms with Crippen LogP contribution in [0.4, 0.5) is 10.1 Å². The summed E-state index contributed by atoms with van der Waals surface area (Å²) in [6.45, 7) is 0. The summed E-state index contributed by atoms with van der Waals surface area (Å²) in [6.07, 6.45) is 0. The monoisotopic (exact) mass is 281 g/mol. The molecule has 0 saturated carbocycles. The Morgan fingerprint density at radius 2 is 2.25 bits per heavy atom. The van der Waals surface area contributed by atoms with Crippen LogP contribution in [-0.4, -0.2) is 4.92 Å². The van der Waals surface area contributed by atoms with Gasteiger partial charge in [-0.1, -0.05) is 22.6 Å². The number of rotatable bonds is 2. The second-order valence-electron chi connectivity index (χ2n) is 2.17. The second kappa shape index (κ2) is 3.79. The third kappa shape index (κ3) is 1.90. The Kier molecular flexibility index (Phi) is 2.96. The van der Waals surface area contributed by atoms with Gasteiger partial charge in [0.05, 0.1) is 11.0 Å². The van der Waals surface area contributed by atoms with Crippen LogP contribution >= 0.6 is 22.6 Å². The summed E-state index contributed by atoms with van der Waals surface area (Å²) in [5, 5.41) is 10.2. The lowest BCUT2D eigenvalue weighted by atomic mass is 10.2. The number of hydrogen-bond acceptors (Lipinski definition) is 2. The van der Waals surface area contributed by atoms with Gasteiger partial charge in [-0.3, -0.25) is 10.1 Å². The van der Waals surface area contributed by atoms with Crippen LogP contribution in [0, 0.1) is 15.9 Å². The van der Waals surface area contributed by atoms with Crippen molar-refractivity contribution in [3.05, 3.63) is 39.7 Å². The predicted octanol–water partition coefficient (Wildman–Crippen LogP) is 2.67. The number of nitro benzene ring substituents is 1. The van der Waals surface area contributed by atoms with E-state index in [-0.39, 0.29) is 5.69 Å². The smallest absolute Gasteiger partial charge is 0.258 e. The van der Waals surface area contributed by atoms with Crippen LogP contribution in [0.15, 0.2) is 18.2 Å². The van der Waals surface area contributed by atoms with E-state index >= 15 is 0 Å². The first-order chi connectivity index (χ1) is 5.65. The molecule has 0 aliphatic carbocycles. The zero-order valence-electron chi connectivity index (χ0n) is 5.96. The number of hydrogen-bond donors (Lipinski definition) is 0. The Labute approximate surface area is 81.9 Å². The molecule has 0 aliphatic rings. The van der Waals surface area contributed by atoms with Gasteiger partial charge < -0.3 is 0 Å². The van der Waals surface area contributed by atoms with Crippen LogP contribution in [0.5, 0.6) is 0 Å². The molecule has 0 aromatic heterocycles. The fourth-order valence-corrected chi connectivity index (χ4v) is 1.38. The SMILES string of the molecule is O=[N+]([O-])c1ccc(CI)c(F)c1. The Morgan fingerprint density at radius 3 is 2.67 bits per heavy atom. The molecule has 64 valence electrons. The van der Waals surface area contributed by atoms with E-state index in [4.69, 9.17) is 0 Å². The maximum atomic E-state index is 12.9. The summed E-state index contributed by atoms with van der Waals surface area (Å²) >= 11 is 2.00. The standard InChI is InChI=1S/C7H5FINO2/c8-7-3-6(10(11)12)2-1-5(7)4-9/h1-3H,4H2. The summed E-state index contributed by atoms with van der Waals surface area (Å²) in [6, 6.07) is 3.67. The first-order valence-corrected chi connectivity index (χ1v) is 4.66. The van der Waals surface area contributed by atoms with E-state index in [0.29, 0.717) is 9.99 Å². The van der Waals surface area contributed by atoms with Gasteiger partial charge in [0.25, 0.3) is 5.69 Å². The molecule has 0 fully saturated rings. The maximum absolute atomic E-state index is 12.9. The molecular formula is C7H5FINO2. The van der Waals surface area contributed by atoms with Crippen molar-refractivity contribution < 1.29 is 9.31 Å². The number of benzene rings is 1. The Morgan fingerprint density at radius 1 is 1.58 bits per heavy atom. The van der Waals surface area contributed by atoms with E-state index in [2.05, 4.69) is 0 Å². The van der Waals surface area contributed by atoms with Gasteiger partial charge in [-0.25, -0.2) is 4.39 Å². The van der Waals surface area contributed by atoms with Crippen molar-refractivity contribution in [2.75, 3.05) is 0 Å². The normalized spacial score (nSPS) is 9.83. The van der Waals surface area contributed by atoms with Crippen LogP contribution in [0.2, 0.25) is 0 Å². The average molecular weight is 281 g/mol. The molecule has 5 heteroatoms. The Bertz CT molecular complexity index is 316. The van der Waals surface area contributed by atoms with Crippen molar-refractivity contribution in [2.45, 2.75) is 4.43 Å². The Balaban J connectivity index is 3.10. The van der Waals surface area contributed by atoms with Crippen molar-refractivity contribution >= 4 is 28.3 Å². The largest absolute Gasteiger partial charge is 0.272 e. The van der Waals surface area contributed by atoms with E-state index < -0.39 is 10.7 Å². The number of halogens is 2.